The molecule has 0 saturated heterocycles. The molecule has 0 spiro atoms. The van der Waals surface area contributed by atoms with Crippen molar-refractivity contribution >= 4 is 17.6 Å². The molecule has 1 saturated carbocycles. The molecule has 0 aliphatic heterocycles. The number of carbonyl (C=O) groups excluding carboxylic acids is 2. The molecule has 1 aromatic carbocycles. The second-order valence-corrected chi connectivity index (χ2v) is 5.24. The van der Waals surface area contributed by atoms with Crippen molar-refractivity contribution in [3.05, 3.63) is 24.3 Å². The van der Waals surface area contributed by atoms with Crippen molar-refractivity contribution in [1.82, 2.24) is 0 Å². The molecule has 0 radical (unpaired) electrons. The molecule has 21 heavy (non-hydrogen) atoms. The number of benzene rings is 1. The third-order valence-corrected chi connectivity index (χ3v) is 3.51. The van der Waals surface area contributed by atoms with Crippen molar-refractivity contribution in [1.29, 1.82) is 0 Å². The van der Waals surface area contributed by atoms with E-state index < -0.39 is 5.97 Å². The van der Waals surface area contributed by atoms with Crippen LogP contribution in [0.2, 0.25) is 0 Å². The highest BCUT2D eigenvalue weighted by Crippen LogP contribution is 2.37. The van der Waals surface area contributed by atoms with Gasteiger partial charge in [0.25, 0.3) is 0 Å². The zero-order valence-electron chi connectivity index (χ0n) is 12.4. The number of hydrogen-bond donors (Lipinski definition) is 1. The number of rotatable bonds is 7. The fourth-order valence-corrected chi connectivity index (χ4v) is 2.07. The van der Waals surface area contributed by atoms with Crippen LogP contribution >= 0.6 is 0 Å². The lowest BCUT2D eigenvalue weighted by atomic mass is 10.1. The topological polar surface area (TPSA) is 64.6 Å². The number of ether oxygens (including phenoxy) is 2. The van der Waals surface area contributed by atoms with Gasteiger partial charge < -0.3 is 14.8 Å². The normalized spacial score (nSPS) is 15.1. The molecule has 1 aromatic rings. The summed E-state index contributed by atoms with van der Waals surface area (Å²) in [6.07, 6.45) is 2.27. The van der Waals surface area contributed by atoms with Gasteiger partial charge in [0, 0.05) is 17.7 Å². The monoisotopic (exact) mass is 291 g/mol. The van der Waals surface area contributed by atoms with Crippen LogP contribution in [0.5, 0.6) is 5.75 Å². The Labute approximate surface area is 124 Å². The predicted octanol–water partition coefficient (Wildman–Crippen LogP) is 2.61. The van der Waals surface area contributed by atoms with Crippen LogP contribution in [-0.2, 0) is 14.3 Å². The van der Waals surface area contributed by atoms with Crippen LogP contribution in [-0.4, -0.2) is 25.1 Å². The van der Waals surface area contributed by atoms with Crippen molar-refractivity contribution in [3.8, 4) is 5.75 Å². The molecular weight excluding hydrogens is 270 g/mol. The number of esters is 1. The number of anilines is 1. The van der Waals surface area contributed by atoms with Gasteiger partial charge in [0.05, 0.1) is 6.61 Å². The first-order valence-electron chi connectivity index (χ1n) is 7.29. The third-order valence-electron chi connectivity index (χ3n) is 3.51. The fourth-order valence-electron chi connectivity index (χ4n) is 2.07. The molecular formula is C16H21NO4. The van der Waals surface area contributed by atoms with Crippen LogP contribution < -0.4 is 10.1 Å². The first-order valence-corrected chi connectivity index (χ1v) is 7.29. The van der Waals surface area contributed by atoms with Crippen molar-refractivity contribution in [3.63, 3.8) is 0 Å². The standard InChI is InChI=1S/C16H21NO4/c1-3-20-15(18)10-21-14-6-4-5-13(9-14)17-16(19)11(2)12-7-8-12/h4-6,9,11-12H,3,7-8,10H2,1-2H3,(H,17,19). The Hall–Kier alpha value is -2.04. The molecule has 5 heteroatoms. The Morgan fingerprint density at radius 2 is 2.14 bits per heavy atom. The summed E-state index contributed by atoms with van der Waals surface area (Å²) in [5, 5.41) is 2.88. The average Bonchev–Trinajstić information content (AvgIpc) is 3.29. The lowest BCUT2D eigenvalue weighted by Gasteiger charge is -2.12. The second-order valence-electron chi connectivity index (χ2n) is 5.24. The third kappa shape index (κ3) is 4.77. The van der Waals surface area contributed by atoms with E-state index in [9.17, 15) is 9.59 Å². The van der Waals surface area contributed by atoms with E-state index in [2.05, 4.69) is 5.32 Å². The minimum atomic E-state index is -0.408. The Balaban J connectivity index is 1.88. The van der Waals surface area contributed by atoms with Crippen molar-refractivity contribution < 1.29 is 19.1 Å². The molecule has 1 aliphatic carbocycles. The zero-order valence-corrected chi connectivity index (χ0v) is 12.4. The van der Waals surface area contributed by atoms with Gasteiger partial charge >= 0.3 is 5.97 Å². The minimum Gasteiger partial charge on any atom is -0.482 e. The molecule has 1 fully saturated rings. The van der Waals surface area contributed by atoms with Crippen LogP contribution in [0.15, 0.2) is 24.3 Å². The maximum Gasteiger partial charge on any atom is 0.344 e. The summed E-state index contributed by atoms with van der Waals surface area (Å²) < 4.78 is 10.1. The van der Waals surface area contributed by atoms with Crippen molar-refractivity contribution in [2.75, 3.05) is 18.5 Å². The Kier molecular flexibility index (Phi) is 5.20. The number of hydrogen-bond acceptors (Lipinski definition) is 4. The lowest BCUT2D eigenvalue weighted by molar-refractivity contribution is -0.145. The molecule has 1 unspecified atom stereocenters. The van der Waals surface area contributed by atoms with Crippen LogP contribution in [0.1, 0.15) is 26.7 Å². The van der Waals surface area contributed by atoms with E-state index in [0.29, 0.717) is 24.0 Å². The number of nitrogens with one attached hydrogen (secondary N) is 1. The summed E-state index contributed by atoms with van der Waals surface area (Å²) in [5.74, 6) is 0.705. The van der Waals surface area contributed by atoms with Crippen LogP contribution in [0, 0.1) is 11.8 Å². The summed E-state index contributed by atoms with van der Waals surface area (Å²) in [4.78, 5) is 23.3. The maximum atomic E-state index is 12.0. The van der Waals surface area contributed by atoms with E-state index >= 15 is 0 Å². The van der Waals surface area contributed by atoms with Gasteiger partial charge in [0.15, 0.2) is 6.61 Å². The van der Waals surface area contributed by atoms with Crippen molar-refractivity contribution in [2.45, 2.75) is 26.7 Å². The van der Waals surface area contributed by atoms with Gasteiger partial charge in [-0.2, -0.15) is 0 Å². The van der Waals surface area contributed by atoms with Crippen LogP contribution in [0.3, 0.4) is 0 Å². The summed E-state index contributed by atoms with van der Waals surface area (Å²) in [6, 6.07) is 7.02. The summed E-state index contributed by atoms with van der Waals surface area (Å²) >= 11 is 0. The highest BCUT2D eigenvalue weighted by atomic mass is 16.6. The molecule has 114 valence electrons. The molecule has 0 heterocycles. The number of carbonyl (C=O) groups is 2. The van der Waals surface area contributed by atoms with Gasteiger partial charge in [-0.1, -0.05) is 13.0 Å². The lowest BCUT2D eigenvalue weighted by Crippen LogP contribution is -2.21. The Bertz CT molecular complexity index is 511. The van der Waals surface area contributed by atoms with Gasteiger partial charge in [-0.25, -0.2) is 4.79 Å². The van der Waals surface area contributed by atoms with Crippen molar-refractivity contribution in [2.24, 2.45) is 11.8 Å². The fraction of sp³-hybridized carbons (Fsp3) is 0.500. The van der Waals surface area contributed by atoms with Gasteiger partial charge in [-0.05, 0) is 37.8 Å². The second kappa shape index (κ2) is 7.11. The van der Waals surface area contributed by atoms with Crippen LogP contribution in [0.4, 0.5) is 5.69 Å². The molecule has 0 bridgehead atoms. The molecule has 1 aliphatic rings. The van der Waals surface area contributed by atoms with E-state index in [0.717, 1.165) is 12.8 Å². The van der Waals surface area contributed by atoms with E-state index in [4.69, 9.17) is 9.47 Å². The smallest absolute Gasteiger partial charge is 0.344 e. The SMILES string of the molecule is CCOC(=O)COc1cccc(NC(=O)C(C)C2CC2)c1. The maximum absolute atomic E-state index is 12.0. The highest BCUT2D eigenvalue weighted by Gasteiger charge is 2.32. The predicted molar refractivity (Wildman–Crippen MR) is 79.1 cm³/mol. The summed E-state index contributed by atoms with van der Waals surface area (Å²) in [7, 11) is 0. The Morgan fingerprint density at radius 1 is 1.38 bits per heavy atom. The average molecular weight is 291 g/mol. The van der Waals surface area contributed by atoms with Gasteiger partial charge in [-0.15, -0.1) is 0 Å². The van der Waals surface area contributed by atoms with E-state index in [1.807, 2.05) is 6.92 Å². The van der Waals surface area contributed by atoms with E-state index in [-0.39, 0.29) is 18.4 Å². The molecule has 1 atom stereocenters. The molecule has 0 aromatic heterocycles. The molecule has 5 nitrogen and oxygen atoms in total. The molecule has 1 N–H and O–H groups in total. The van der Waals surface area contributed by atoms with Gasteiger partial charge in [0.1, 0.15) is 5.75 Å². The molecule has 1 amide bonds. The highest BCUT2D eigenvalue weighted by molar-refractivity contribution is 5.92. The van der Waals surface area contributed by atoms with Crippen LogP contribution in [0.25, 0.3) is 0 Å². The molecule has 2 rings (SSSR count). The number of amides is 1. The van der Waals surface area contributed by atoms with E-state index in [1.165, 1.54) is 0 Å². The largest absolute Gasteiger partial charge is 0.482 e. The Morgan fingerprint density at radius 3 is 2.81 bits per heavy atom. The van der Waals surface area contributed by atoms with E-state index in [1.54, 1.807) is 31.2 Å². The van der Waals surface area contributed by atoms with Gasteiger partial charge in [0.2, 0.25) is 5.91 Å². The zero-order chi connectivity index (χ0) is 15.2. The summed E-state index contributed by atoms with van der Waals surface area (Å²) in [6.45, 7) is 3.89. The first-order chi connectivity index (χ1) is 10.1. The first kappa shape index (κ1) is 15.4. The minimum absolute atomic E-state index is 0.0278. The van der Waals surface area contributed by atoms with Gasteiger partial charge in [-0.3, -0.25) is 4.79 Å². The summed E-state index contributed by atoms with van der Waals surface area (Å²) in [5.41, 5.74) is 0.675. The quantitative estimate of drug-likeness (QED) is 0.784.